The van der Waals surface area contributed by atoms with Gasteiger partial charge in [-0.15, -0.1) is 0 Å². The van der Waals surface area contributed by atoms with Crippen LogP contribution in [0.3, 0.4) is 0 Å². The molecule has 0 aromatic heterocycles. The number of nitrogens with zero attached hydrogens (tertiary/aromatic N) is 1. The van der Waals surface area contributed by atoms with Crippen molar-refractivity contribution >= 4 is 41.9 Å². The van der Waals surface area contributed by atoms with E-state index in [4.69, 9.17) is 0 Å². The van der Waals surface area contributed by atoms with E-state index in [1.165, 1.54) is 0 Å². The fourth-order valence-corrected chi connectivity index (χ4v) is 5.05. The summed E-state index contributed by atoms with van der Waals surface area (Å²) in [6.07, 6.45) is 1.80. The fourth-order valence-electron chi connectivity index (χ4n) is 2.15. The van der Waals surface area contributed by atoms with Crippen LogP contribution < -0.4 is 0 Å². The van der Waals surface area contributed by atoms with Gasteiger partial charge >= 0.3 is 0 Å². The Balaban J connectivity index is 2.31. The van der Waals surface area contributed by atoms with Crippen molar-refractivity contribution in [3.63, 3.8) is 0 Å². The van der Waals surface area contributed by atoms with Crippen LogP contribution in [0, 0.1) is 5.41 Å². The molecule has 1 saturated heterocycles. The summed E-state index contributed by atoms with van der Waals surface area (Å²) in [5, 5.41) is 0. The predicted octanol–water partition coefficient (Wildman–Crippen LogP) is 4.02. The second-order valence-electron chi connectivity index (χ2n) is 5.64. The number of hydrogen-bond acceptors (Lipinski definition) is 2. The first-order chi connectivity index (χ1) is 8.72. The summed E-state index contributed by atoms with van der Waals surface area (Å²) >= 11 is 6.66. The molecule has 3 nitrogen and oxygen atoms in total. The van der Waals surface area contributed by atoms with Gasteiger partial charge in [0, 0.05) is 22.0 Å². The van der Waals surface area contributed by atoms with Crippen molar-refractivity contribution in [1.82, 2.24) is 4.31 Å². The van der Waals surface area contributed by atoms with Crippen molar-refractivity contribution in [2.45, 2.75) is 31.6 Å². The van der Waals surface area contributed by atoms with Gasteiger partial charge in [-0.3, -0.25) is 0 Å². The number of hydrogen-bond donors (Lipinski definition) is 0. The number of benzene rings is 1. The Bertz CT molecular complexity index is 574. The Morgan fingerprint density at radius 1 is 1.16 bits per heavy atom. The summed E-state index contributed by atoms with van der Waals surface area (Å²) in [7, 11) is -3.41. The van der Waals surface area contributed by atoms with Gasteiger partial charge in [-0.05, 0) is 52.4 Å². The number of halogens is 2. The molecule has 1 aromatic carbocycles. The zero-order chi connectivity index (χ0) is 14.3. The largest absolute Gasteiger partial charge is 0.244 e. The van der Waals surface area contributed by atoms with Crippen LogP contribution in [0.15, 0.2) is 32.0 Å². The molecule has 0 spiro atoms. The van der Waals surface area contributed by atoms with E-state index in [-0.39, 0.29) is 5.41 Å². The number of rotatable bonds is 2. The standard InChI is InChI=1S/C13H17Br2NO2S/c1-13(2)5-7-16(8-6-13)19(17,18)12-9-10(14)3-4-11(12)15/h3-4,9H,5-8H2,1-2H3. The Morgan fingerprint density at radius 2 is 1.74 bits per heavy atom. The summed E-state index contributed by atoms with van der Waals surface area (Å²) in [5.41, 5.74) is 0.237. The van der Waals surface area contributed by atoms with Gasteiger partial charge in [-0.25, -0.2) is 8.42 Å². The molecule has 0 amide bonds. The average Bonchev–Trinajstić information content (AvgIpc) is 2.31. The first kappa shape index (κ1) is 15.5. The van der Waals surface area contributed by atoms with Gasteiger partial charge in [0.15, 0.2) is 0 Å². The minimum Gasteiger partial charge on any atom is -0.207 e. The van der Waals surface area contributed by atoms with E-state index in [0.717, 1.165) is 17.3 Å². The number of sulfonamides is 1. The van der Waals surface area contributed by atoms with Crippen molar-refractivity contribution < 1.29 is 8.42 Å². The summed E-state index contributed by atoms with van der Waals surface area (Å²) in [6.45, 7) is 5.56. The van der Waals surface area contributed by atoms with E-state index in [0.29, 0.717) is 22.5 Å². The van der Waals surface area contributed by atoms with E-state index in [1.807, 2.05) is 6.07 Å². The molecule has 0 bridgehead atoms. The topological polar surface area (TPSA) is 37.4 Å². The maximum Gasteiger partial charge on any atom is 0.244 e. The Hall–Kier alpha value is 0.0900. The van der Waals surface area contributed by atoms with Crippen molar-refractivity contribution in [2.75, 3.05) is 13.1 Å². The highest BCUT2D eigenvalue weighted by Gasteiger charge is 2.33. The van der Waals surface area contributed by atoms with Gasteiger partial charge < -0.3 is 0 Å². The minimum absolute atomic E-state index is 0.237. The third kappa shape index (κ3) is 3.40. The van der Waals surface area contributed by atoms with Crippen molar-refractivity contribution in [3.8, 4) is 0 Å². The van der Waals surface area contributed by atoms with Crippen LogP contribution in [-0.4, -0.2) is 25.8 Å². The lowest BCUT2D eigenvalue weighted by molar-refractivity contribution is 0.196. The van der Waals surface area contributed by atoms with E-state index < -0.39 is 10.0 Å². The first-order valence-electron chi connectivity index (χ1n) is 6.18. The summed E-state index contributed by atoms with van der Waals surface area (Å²) < 4.78 is 28.3. The Labute approximate surface area is 131 Å². The van der Waals surface area contributed by atoms with Gasteiger partial charge in [-0.2, -0.15) is 4.31 Å². The van der Waals surface area contributed by atoms with E-state index in [1.54, 1.807) is 16.4 Å². The quantitative estimate of drug-likeness (QED) is 0.738. The molecule has 0 atom stereocenters. The SMILES string of the molecule is CC1(C)CCN(S(=O)(=O)c2cc(Br)ccc2Br)CC1. The second kappa shape index (κ2) is 5.47. The molecular weight excluding hydrogens is 394 g/mol. The summed E-state index contributed by atoms with van der Waals surface area (Å²) in [4.78, 5) is 0.335. The molecular formula is C13H17Br2NO2S. The van der Waals surface area contributed by atoms with Crippen LogP contribution in [0.2, 0.25) is 0 Å². The van der Waals surface area contributed by atoms with Gasteiger partial charge in [0.05, 0.1) is 4.90 Å². The Kier molecular flexibility index (Phi) is 4.45. The highest BCUT2D eigenvalue weighted by Crippen LogP contribution is 2.34. The van der Waals surface area contributed by atoms with Crippen molar-refractivity contribution in [1.29, 1.82) is 0 Å². The molecule has 1 aliphatic heterocycles. The normalized spacial score (nSPS) is 20.4. The van der Waals surface area contributed by atoms with Crippen LogP contribution in [0.25, 0.3) is 0 Å². The van der Waals surface area contributed by atoms with Gasteiger partial charge in [0.1, 0.15) is 0 Å². The third-order valence-electron chi connectivity index (χ3n) is 3.59. The molecule has 1 aromatic rings. The highest BCUT2D eigenvalue weighted by atomic mass is 79.9. The van der Waals surface area contributed by atoms with Gasteiger partial charge in [0.2, 0.25) is 10.0 Å². The lowest BCUT2D eigenvalue weighted by atomic mass is 9.83. The molecule has 0 N–H and O–H groups in total. The maximum absolute atomic E-state index is 12.6. The van der Waals surface area contributed by atoms with Crippen LogP contribution in [0.5, 0.6) is 0 Å². The molecule has 1 aliphatic rings. The van der Waals surface area contributed by atoms with Gasteiger partial charge in [0.25, 0.3) is 0 Å². The monoisotopic (exact) mass is 409 g/mol. The zero-order valence-corrected chi connectivity index (χ0v) is 15.0. The predicted molar refractivity (Wildman–Crippen MR) is 83.6 cm³/mol. The van der Waals surface area contributed by atoms with Crippen LogP contribution in [-0.2, 0) is 10.0 Å². The lowest BCUT2D eigenvalue weighted by Crippen LogP contribution is -2.41. The maximum atomic E-state index is 12.6. The van der Waals surface area contributed by atoms with E-state index in [2.05, 4.69) is 45.7 Å². The summed E-state index contributed by atoms with van der Waals surface area (Å²) in [6, 6.07) is 5.23. The molecule has 0 saturated carbocycles. The third-order valence-corrected chi connectivity index (χ3v) is 6.97. The second-order valence-corrected chi connectivity index (χ2v) is 9.32. The molecule has 1 heterocycles. The van der Waals surface area contributed by atoms with Gasteiger partial charge in [-0.1, -0.05) is 29.8 Å². The first-order valence-corrected chi connectivity index (χ1v) is 9.20. The molecule has 0 unspecified atom stereocenters. The smallest absolute Gasteiger partial charge is 0.207 e. The van der Waals surface area contributed by atoms with Crippen LogP contribution in [0.1, 0.15) is 26.7 Å². The van der Waals surface area contributed by atoms with Crippen molar-refractivity contribution in [2.24, 2.45) is 5.41 Å². The summed E-state index contributed by atoms with van der Waals surface area (Å²) in [5.74, 6) is 0. The zero-order valence-electron chi connectivity index (χ0n) is 11.0. The molecule has 106 valence electrons. The van der Waals surface area contributed by atoms with E-state index in [9.17, 15) is 8.42 Å². The minimum atomic E-state index is -3.41. The van der Waals surface area contributed by atoms with E-state index >= 15 is 0 Å². The molecule has 19 heavy (non-hydrogen) atoms. The molecule has 1 fully saturated rings. The number of piperidine rings is 1. The fraction of sp³-hybridized carbons (Fsp3) is 0.538. The van der Waals surface area contributed by atoms with Crippen LogP contribution >= 0.6 is 31.9 Å². The highest BCUT2D eigenvalue weighted by molar-refractivity contribution is 9.11. The lowest BCUT2D eigenvalue weighted by Gasteiger charge is -2.36. The molecule has 6 heteroatoms. The molecule has 0 radical (unpaired) electrons. The Morgan fingerprint density at radius 3 is 2.32 bits per heavy atom. The van der Waals surface area contributed by atoms with Crippen LogP contribution in [0.4, 0.5) is 0 Å². The average molecular weight is 411 g/mol. The molecule has 2 rings (SSSR count). The van der Waals surface area contributed by atoms with Crippen molar-refractivity contribution in [3.05, 3.63) is 27.1 Å². The molecule has 0 aliphatic carbocycles.